The van der Waals surface area contributed by atoms with Crippen LogP contribution in [0.25, 0.3) is 10.1 Å². The van der Waals surface area contributed by atoms with Gasteiger partial charge in [-0.1, -0.05) is 13.0 Å². The highest BCUT2D eigenvalue weighted by Crippen LogP contribution is 2.33. The molecule has 0 amide bonds. The van der Waals surface area contributed by atoms with Gasteiger partial charge in [0.25, 0.3) is 0 Å². The molecule has 0 bridgehead atoms. The standard InChI is InChI=1S/C10H8I2S/c1-2-6-3-4-8(11)7-5-9(12)13-10(6)7/h3-5H,2H2,1H3. The minimum absolute atomic E-state index is 1.13. The van der Waals surface area contributed by atoms with Gasteiger partial charge in [0.1, 0.15) is 0 Å². The Bertz CT molecular complexity index is 445. The summed E-state index contributed by atoms with van der Waals surface area (Å²) in [5.74, 6) is 0. The summed E-state index contributed by atoms with van der Waals surface area (Å²) in [5.41, 5.74) is 1.48. The van der Waals surface area contributed by atoms with E-state index in [1.165, 1.54) is 22.1 Å². The molecular weight excluding hydrogens is 406 g/mol. The van der Waals surface area contributed by atoms with E-state index in [1.807, 2.05) is 11.3 Å². The Kier molecular flexibility index (Phi) is 3.14. The van der Waals surface area contributed by atoms with Crippen LogP contribution in [0, 0.1) is 6.45 Å². The van der Waals surface area contributed by atoms with E-state index < -0.39 is 0 Å². The first-order chi connectivity index (χ1) is 6.22. The Morgan fingerprint density at radius 2 is 2.08 bits per heavy atom. The SMILES string of the molecule is CCc1ccc(I)c2cc(I)sc12. The fourth-order valence-corrected chi connectivity index (χ4v) is 4.15. The summed E-state index contributed by atoms with van der Waals surface area (Å²) < 4.78 is 4.22. The van der Waals surface area contributed by atoms with Crippen molar-refractivity contribution in [2.24, 2.45) is 0 Å². The number of aryl methyl sites for hydroxylation is 1. The van der Waals surface area contributed by atoms with Crippen LogP contribution in [0.4, 0.5) is 0 Å². The van der Waals surface area contributed by atoms with E-state index in [2.05, 4.69) is 70.3 Å². The third kappa shape index (κ3) is 1.87. The van der Waals surface area contributed by atoms with Crippen LogP contribution in [-0.2, 0) is 6.42 Å². The van der Waals surface area contributed by atoms with Gasteiger partial charge >= 0.3 is 0 Å². The van der Waals surface area contributed by atoms with Gasteiger partial charge in [-0.2, -0.15) is 0 Å². The second kappa shape index (κ2) is 4.02. The molecule has 1 aromatic heterocycles. The van der Waals surface area contributed by atoms with Gasteiger partial charge in [0, 0.05) is 13.7 Å². The Balaban J connectivity index is 2.83. The van der Waals surface area contributed by atoms with Gasteiger partial charge in [0.2, 0.25) is 0 Å². The molecule has 0 aliphatic heterocycles. The van der Waals surface area contributed by atoms with Crippen LogP contribution in [0.5, 0.6) is 0 Å². The average Bonchev–Trinajstić information content (AvgIpc) is 2.48. The highest BCUT2D eigenvalue weighted by molar-refractivity contribution is 14.1. The first-order valence-electron chi connectivity index (χ1n) is 4.08. The smallest absolute Gasteiger partial charge is 0.0666 e. The van der Waals surface area contributed by atoms with Crippen LogP contribution < -0.4 is 0 Å². The zero-order valence-electron chi connectivity index (χ0n) is 7.10. The maximum atomic E-state index is 2.41. The molecule has 13 heavy (non-hydrogen) atoms. The molecule has 2 aromatic rings. The summed E-state index contributed by atoms with van der Waals surface area (Å²) in [4.78, 5) is 0. The minimum atomic E-state index is 1.13. The Morgan fingerprint density at radius 3 is 2.77 bits per heavy atom. The van der Waals surface area contributed by atoms with Crippen molar-refractivity contribution >= 4 is 66.6 Å². The lowest BCUT2D eigenvalue weighted by Crippen LogP contribution is -1.81. The van der Waals surface area contributed by atoms with Crippen LogP contribution in [0.15, 0.2) is 18.2 Å². The van der Waals surface area contributed by atoms with Crippen molar-refractivity contribution in [1.29, 1.82) is 0 Å². The molecule has 0 radical (unpaired) electrons. The zero-order valence-corrected chi connectivity index (χ0v) is 12.2. The topological polar surface area (TPSA) is 0 Å². The molecule has 0 spiro atoms. The van der Waals surface area contributed by atoms with Crippen molar-refractivity contribution in [3.05, 3.63) is 30.2 Å². The maximum Gasteiger partial charge on any atom is 0.0666 e. The summed E-state index contributed by atoms with van der Waals surface area (Å²) >= 11 is 6.70. The number of hydrogen-bond donors (Lipinski definition) is 0. The molecule has 0 saturated carbocycles. The van der Waals surface area contributed by atoms with Crippen molar-refractivity contribution in [2.75, 3.05) is 0 Å². The van der Waals surface area contributed by atoms with Crippen molar-refractivity contribution in [2.45, 2.75) is 13.3 Å². The van der Waals surface area contributed by atoms with Crippen LogP contribution in [0.3, 0.4) is 0 Å². The molecule has 2 rings (SSSR count). The minimum Gasteiger partial charge on any atom is -0.129 e. The fourth-order valence-electron chi connectivity index (χ4n) is 1.39. The third-order valence-corrected chi connectivity index (χ3v) is 4.97. The molecule has 0 fully saturated rings. The van der Waals surface area contributed by atoms with Crippen LogP contribution in [-0.4, -0.2) is 0 Å². The molecule has 0 nitrogen and oxygen atoms in total. The monoisotopic (exact) mass is 414 g/mol. The number of fused-ring (bicyclic) bond motifs is 1. The second-order valence-corrected chi connectivity index (χ2v) is 6.96. The van der Waals surface area contributed by atoms with Gasteiger partial charge in [-0.3, -0.25) is 0 Å². The molecule has 0 aliphatic carbocycles. The second-order valence-electron chi connectivity index (χ2n) is 2.85. The van der Waals surface area contributed by atoms with E-state index in [0.717, 1.165) is 6.42 Å². The van der Waals surface area contributed by atoms with Gasteiger partial charge in [0.15, 0.2) is 0 Å². The number of hydrogen-bond acceptors (Lipinski definition) is 1. The van der Waals surface area contributed by atoms with Crippen LogP contribution in [0.2, 0.25) is 0 Å². The Morgan fingerprint density at radius 1 is 1.31 bits per heavy atom. The first kappa shape index (κ1) is 10.2. The molecule has 1 aromatic carbocycles. The van der Waals surface area contributed by atoms with Crippen LogP contribution in [0.1, 0.15) is 12.5 Å². The number of benzene rings is 1. The van der Waals surface area contributed by atoms with Crippen molar-refractivity contribution in [3.8, 4) is 0 Å². The molecule has 68 valence electrons. The summed E-state index contributed by atoms with van der Waals surface area (Å²) in [7, 11) is 0. The Hall–Kier alpha value is 0.640. The Labute approximate surface area is 109 Å². The number of halogens is 2. The van der Waals surface area contributed by atoms with Crippen molar-refractivity contribution in [1.82, 2.24) is 0 Å². The predicted molar refractivity (Wildman–Crippen MR) is 76.6 cm³/mol. The summed E-state index contributed by atoms with van der Waals surface area (Å²) in [6.45, 7) is 2.22. The molecule has 0 unspecified atom stereocenters. The van der Waals surface area contributed by atoms with Gasteiger partial charge in [-0.25, -0.2) is 0 Å². The van der Waals surface area contributed by atoms with E-state index in [0.29, 0.717) is 0 Å². The molecule has 3 heteroatoms. The van der Waals surface area contributed by atoms with Crippen molar-refractivity contribution < 1.29 is 0 Å². The lowest BCUT2D eigenvalue weighted by molar-refractivity contribution is 1.16. The normalized spacial score (nSPS) is 11.0. The van der Waals surface area contributed by atoms with E-state index in [-0.39, 0.29) is 0 Å². The lowest BCUT2D eigenvalue weighted by atomic mass is 10.1. The molecule has 1 heterocycles. The van der Waals surface area contributed by atoms with Gasteiger partial charge in [-0.15, -0.1) is 11.3 Å². The largest absolute Gasteiger partial charge is 0.129 e. The molecule has 0 N–H and O–H groups in total. The van der Waals surface area contributed by atoms with Crippen molar-refractivity contribution in [3.63, 3.8) is 0 Å². The molecule has 0 saturated heterocycles. The lowest BCUT2D eigenvalue weighted by Gasteiger charge is -1.99. The first-order valence-corrected chi connectivity index (χ1v) is 7.06. The van der Waals surface area contributed by atoms with Gasteiger partial charge in [-0.05, 0) is 69.3 Å². The van der Waals surface area contributed by atoms with Gasteiger partial charge < -0.3 is 0 Å². The van der Waals surface area contributed by atoms with E-state index >= 15 is 0 Å². The summed E-state index contributed by atoms with van der Waals surface area (Å²) in [5, 5.41) is 1.43. The highest BCUT2D eigenvalue weighted by Gasteiger charge is 2.06. The fraction of sp³-hybridized carbons (Fsp3) is 0.200. The molecule has 0 aliphatic rings. The number of rotatable bonds is 1. The zero-order chi connectivity index (χ0) is 9.42. The summed E-state index contributed by atoms with van der Waals surface area (Å²) in [6.07, 6.45) is 1.13. The highest BCUT2D eigenvalue weighted by atomic mass is 127. The van der Waals surface area contributed by atoms with E-state index in [9.17, 15) is 0 Å². The van der Waals surface area contributed by atoms with E-state index in [1.54, 1.807) is 0 Å². The maximum absolute atomic E-state index is 2.41. The van der Waals surface area contributed by atoms with Gasteiger partial charge in [0.05, 0.1) is 2.88 Å². The third-order valence-electron chi connectivity index (χ3n) is 2.06. The number of thiophene rings is 1. The van der Waals surface area contributed by atoms with Crippen LogP contribution >= 0.6 is 56.5 Å². The quantitative estimate of drug-likeness (QED) is 0.596. The predicted octanol–water partition coefficient (Wildman–Crippen LogP) is 4.67. The summed E-state index contributed by atoms with van der Waals surface area (Å²) in [6, 6.07) is 6.74. The molecule has 0 atom stereocenters. The molecular formula is C10H8I2S. The van der Waals surface area contributed by atoms with E-state index in [4.69, 9.17) is 0 Å². The average molecular weight is 414 g/mol.